The first-order valence-electron chi connectivity index (χ1n) is 3.38. The number of alkyl halides is 2. The molecule has 1 saturated heterocycles. The van der Waals surface area contributed by atoms with Gasteiger partial charge in [-0.15, -0.1) is 4.48 Å². The Morgan fingerprint density at radius 1 is 1.75 bits per heavy atom. The highest BCUT2D eigenvalue weighted by molar-refractivity contribution is 5.79. The monoisotopic (exact) mass is 183 g/mol. The Labute approximate surface area is 67.0 Å². The van der Waals surface area contributed by atoms with E-state index in [0.717, 1.165) is 7.11 Å². The van der Waals surface area contributed by atoms with Crippen LogP contribution in [0.15, 0.2) is 0 Å². The Hall–Kier alpha value is -0.780. The molecule has 0 aromatic carbocycles. The van der Waals surface area contributed by atoms with E-state index < -0.39 is 29.6 Å². The van der Waals surface area contributed by atoms with Crippen molar-refractivity contribution in [2.45, 2.75) is 18.4 Å². The molecule has 0 aliphatic carbocycles. The molecule has 12 heavy (non-hydrogen) atoms. The molecule has 1 fully saturated rings. The molecule has 1 rings (SSSR count). The fourth-order valence-corrected chi connectivity index (χ4v) is 1.10. The number of methoxy groups -OCH3 is 1. The average Bonchev–Trinajstić information content (AvgIpc) is 2.32. The number of esters is 1. The van der Waals surface area contributed by atoms with Crippen LogP contribution in [0.5, 0.6) is 0 Å². The summed E-state index contributed by atoms with van der Waals surface area (Å²) in [5.74, 6) is -4.77. The quantitative estimate of drug-likeness (QED) is 0.341. The SMILES string of the molecule is COC(=O)[C@]1(F)C(F)CCN1F. The van der Waals surface area contributed by atoms with E-state index in [2.05, 4.69) is 4.74 Å². The van der Waals surface area contributed by atoms with Crippen LogP contribution in [0.25, 0.3) is 0 Å². The maximum Gasteiger partial charge on any atom is 0.364 e. The summed E-state index contributed by atoms with van der Waals surface area (Å²) in [5, 5.41) is -0.469. The summed E-state index contributed by atoms with van der Waals surface area (Å²) in [5.41, 5.74) is 0. The van der Waals surface area contributed by atoms with Gasteiger partial charge in [-0.1, -0.05) is 5.12 Å². The van der Waals surface area contributed by atoms with Gasteiger partial charge in [-0.25, -0.2) is 13.6 Å². The minimum atomic E-state index is -3.24. The molecule has 0 saturated carbocycles. The number of hydrogen-bond acceptors (Lipinski definition) is 3. The van der Waals surface area contributed by atoms with Gasteiger partial charge < -0.3 is 4.74 Å². The summed E-state index contributed by atoms with van der Waals surface area (Å²) in [7, 11) is 0.878. The Morgan fingerprint density at radius 3 is 2.67 bits per heavy atom. The van der Waals surface area contributed by atoms with Crippen LogP contribution in [-0.2, 0) is 9.53 Å². The van der Waals surface area contributed by atoms with Gasteiger partial charge in [0.25, 0.3) is 0 Å². The van der Waals surface area contributed by atoms with Crippen LogP contribution in [0.3, 0.4) is 0 Å². The number of carbonyl (C=O) groups is 1. The molecule has 0 spiro atoms. The number of carbonyl (C=O) groups excluding carboxylic acids is 1. The van der Waals surface area contributed by atoms with Gasteiger partial charge in [0.05, 0.1) is 7.11 Å². The van der Waals surface area contributed by atoms with Crippen LogP contribution in [0.1, 0.15) is 6.42 Å². The first kappa shape index (κ1) is 9.31. The molecule has 3 nitrogen and oxygen atoms in total. The lowest BCUT2D eigenvalue weighted by Gasteiger charge is -2.21. The standard InChI is InChI=1S/C6H8F3NO2/c1-12-5(11)6(8)4(7)2-3-10(6)9/h4H,2-3H2,1H3/t4?,6-/m0/s1. The number of halogens is 3. The molecular formula is C6H8F3NO2. The number of hydrogen-bond donors (Lipinski definition) is 0. The Kier molecular flexibility index (Phi) is 2.27. The molecule has 0 bridgehead atoms. The molecule has 2 atom stereocenters. The Morgan fingerprint density at radius 2 is 2.33 bits per heavy atom. The van der Waals surface area contributed by atoms with Gasteiger partial charge in [-0.05, 0) is 6.42 Å². The van der Waals surface area contributed by atoms with Crippen LogP contribution in [-0.4, -0.2) is 36.7 Å². The summed E-state index contributed by atoms with van der Waals surface area (Å²) in [6.45, 7) is -0.438. The molecule has 0 aromatic rings. The van der Waals surface area contributed by atoms with Gasteiger partial charge >= 0.3 is 11.8 Å². The third kappa shape index (κ3) is 1.06. The first-order valence-corrected chi connectivity index (χ1v) is 3.38. The third-order valence-electron chi connectivity index (χ3n) is 1.82. The van der Waals surface area contributed by atoms with E-state index in [-0.39, 0.29) is 6.42 Å². The fourth-order valence-electron chi connectivity index (χ4n) is 1.10. The number of ether oxygens (including phenoxy) is 1. The molecule has 0 N–H and O–H groups in total. The van der Waals surface area contributed by atoms with Crippen molar-refractivity contribution < 1.29 is 22.8 Å². The van der Waals surface area contributed by atoms with E-state index in [1.807, 2.05) is 0 Å². The molecule has 0 radical (unpaired) electrons. The second-order valence-corrected chi connectivity index (χ2v) is 2.51. The normalized spacial score (nSPS) is 36.8. The van der Waals surface area contributed by atoms with Crippen molar-refractivity contribution >= 4 is 5.97 Å². The third-order valence-corrected chi connectivity index (χ3v) is 1.82. The van der Waals surface area contributed by atoms with Crippen molar-refractivity contribution in [1.29, 1.82) is 0 Å². The van der Waals surface area contributed by atoms with E-state index in [1.54, 1.807) is 0 Å². The molecule has 70 valence electrons. The van der Waals surface area contributed by atoms with Crippen LogP contribution in [0.4, 0.5) is 13.3 Å². The largest absolute Gasteiger partial charge is 0.465 e. The van der Waals surface area contributed by atoms with Gasteiger partial charge in [0.1, 0.15) is 0 Å². The lowest BCUT2D eigenvalue weighted by molar-refractivity contribution is -0.197. The molecule has 1 aliphatic heterocycles. The maximum atomic E-state index is 13.2. The van der Waals surface area contributed by atoms with Gasteiger partial charge in [-0.2, -0.15) is 0 Å². The highest BCUT2D eigenvalue weighted by atomic mass is 19.2. The van der Waals surface area contributed by atoms with E-state index in [9.17, 15) is 18.1 Å². The van der Waals surface area contributed by atoms with Crippen LogP contribution in [0.2, 0.25) is 0 Å². The Bertz CT molecular complexity index is 189. The lowest BCUT2D eigenvalue weighted by Crippen LogP contribution is -2.48. The minimum Gasteiger partial charge on any atom is -0.465 e. The lowest BCUT2D eigenvalue weighted by atomic mass is 10.1. The zero-order valence-corrected chi connectivity index (χ0v) is 6.39. The number of rotatable bonds is 1. The van der Waals surface area contributed by atoms with Crippen LogP contribution < -0.4 is 0 Å². The molecule has 6 heteroatoms. The number of nitrogens with zero attached hydrogens (tertiary/aromatic N) is 1. The highest BCUT2D eigenvalue weighted by Gasteiger charge is 2.58. The predicted octanol–water partition coefficient (Wildman–Crippen LogP) is 0.753. The average molecular weight is 183 g/mol. The van der Waals surface area contributed by atoms with E-state index >= 15 is 0 Å². The van der Waals surface area contributed by atoms with Crippen molar-refractivity contribution in [2.24, 2.45) is 0 Å². The zero-order chi connectivity index (χ0) is 9.35. The van der Waals surface area contributed by atoms with Crippen molar-refractivity contribution in [3.63, 3.8) is 0 Å². The van der Waals surface area contributed by atoms with Gasteiger partial charge in [0, 0.05) is 6.54 Å². The molecule has 0 amide bonds. The Balaban J connectivity index is 2.86. The van der Waals surface area contributed by atoms with Crippen LogP contribution >= 0.6 is 0 Å². The zero-order valence-electron chi connectivity index (χ0n) is 6.39. The molecule has 1 heterocycles. The van der Waals surface area contributed by atoms with Crippen molar-refractivity contribution in [3.8, 4) is 0 Å². The molecule has 1 unspecified atom stereocenters. The smallest absolute Gasteiger partial charge is 0.364 e. The topological polar surface area (TPSA) is 29.5 Å². The van der Waals surface area contributed by atoms with Gasteiger partial charge in [0.2, 0.25) is 0 Å². The van der Waals surface area contributed by atoms with E-state index in [0.29, 0.717) is 0 Å². The summed E-state index contributed by atoms with van der Waals surface area (Å²) in [4.78, 5) is 10.6. The summed E-state index contributed by atoms with van der Waals surface area (Å²) >= 11 is 0. The van der Waals surface area contributed by atoms with Crippen LogP contribution in [0, 0.1) is 0 Å². The minimum absolute atomic E-state index is 0.345. The van der Waals surface area contributed by atoms with Crippen molar-refractivity contribution in [1.82, 2.24) is 5.12 Å². The van der Waals surface area contributed by atoms with E-state index in [1.165, 1.54) is 0 Å². The van der Waals surface area contributed by atoms with Gasteiger partial charge in [0.15, 0.2) is 6.17 Å². The molecular weight excluding hydrogens is 175 g/mol. The second-order valence-electron chi connectivity index (χ2n) is 2.51. The fraction of sp³-hybridized carbons (Fsp3) is 0.833. The molecule has 0 aromatic heterocycles. The second kappa shape index (κ2) is 2.93. The van der Waals surface area contributed by atoms with Crippen molar-refractivity contribution in [2.75, 3.05) is 13.7 Å². The first-order chi connectivity index (χ1) is 5.53. The maximum absolute atomic E-state index is 13.2. The molecule has 1 aliphatic rings. The van der Waals surface area contributed by atoms with Crippen molar-refractivity contribution in [3.05, 3.63) is 0 Å². The van der Waals surface area contributed by atoms with Gasteiger partial charge in [-0.3, -0.25) is 0 Å². The van der Waals surface area contributed by atoms with E-state index in [4.69, 9.17) is 0 Å². The summed E-state index contributed by atoms with van der Waals surface area (Å²) in [6.07, 6.45) is -2.50. The predicted molar refractivity (Wildman–Crippen MR) is 33.2 cm³/mol. The highest BCUT2D eigenvalue weighted by Crippen LogP contribution is 2.34. The summed E-state index contributed by atoms with van der Waals surface area (Å²) < 4.78 is 42.4. The summed E-state index contributed by atoms with van der Waals surface area (Å²) in [6, 6.07) is 0.